The maximum Gasteiger partial charge on any atom is 0.230 e. The summed E-state index contributed by atoms with van der Waals surface area (Å²) in [5, 5.41) is 13.2. The van der Waals surface area contributed by atoms with E-state index in [4.69, 9.17) is 16.0 Å². The summed E-state index contributed by atoms with van der Waals surface area (Å²) in [7, 11) is 0. The Hall–Kier alpha value is -2.18. The minimum atomic E-state index is -0.233. The van der Waals surface area contributed by atoms with Crippen molar-refractivity contribution < 1.29 is 9.21 Å². The van der Waals surface area contributed by atoms with E-state index in [1.165, 1.54) is 0 Å². The average Bonchev–Trinajstić information content (AvgIpc) is 3.18. The molecule has 2 heterocycles. The number of amides is 1. The summed E-state index contributed by atoms with van der Waals surface area (Å²) in [5.41, 5.74) is 0.965. The molecule has 0 saturated heterocycles. The van der Waals surface area contributed by atoms with Crippen molar-refractivity contribution >= 4 is 28.8 Å². The third-order valence-corrected chi connectivity index (χ3v) is 4.41. The molecule has 1 atom stereocenters. The summed E-state index contributed by atoms with van der Waals surface area (Å²) >= 11 is 7.53. The summed E-state index contributed by atoms with van der Waals surface area (Å²) in [6.07, 6.45) is 0.0519. The van der Waals surface area contributed by atoms with Gasteiger partial charge < -0.3 is 9.73 Å². The van der Waals surface area contributed by atoms with Gasteiger partial charge in [-0.05, 0) is 29.1 Å². The van der Waals surface area contributed by atoms with Crippen LogP contribution in [0.3, 0.4) is 0 Å². The number of aromatic nitrogens is 2. The van der Waals surface area contributed by atoms with Crippen LogP contribution in [0.2, 0.25) is 5.02 Å². The van der Waals surface area contributed by atoms with Crippen molar-refractivity contribution in [2.45, 2.75) is 19.4 Å². The average molecular weight is 348 g/mol. The third-order valence-electron chi connectivity index (χ3n) is 3.22. The van der Waals surface area contributed by atoms with E-state index in [0.717, 1.165) is 10.4 Å². The van der Waals surface area contributed by atoms with E-state index in [0.29, 0.717) is 16.8 Å². The first-order chi connectivity index (χ1) is 11.1. The van der Waals surface area contributed by atoms with E-state index in [2.05, 4.69) is 15.5 Å². The smallest absolute Gasteiger partial charge is 0.230 e. The second kappa shape index (κ2) is 6.93. The van der Waals surface area contributed by atoms with Crippen molar-refractivity contribution in [2.75, 3.05) is 0 Å². The summed E-state index contributed by atoms with van der Waals surface area (Å²) in [6.45, 7) is 1.69. The van der Waals surface area contributed by atoms with Gasteiger partial charge in [-0.1, -0.05) is 29.8 Å². The highest BCUT2D eigenvalue weighted by Crippen LogP contribution is 2.27. The first kappa shape index (κ1) is 15.7. The molecule has 3 aromatic rings. The predicted octanol–water partition coefficient (Wildman–Crippen LogP) is 3.54. The third kappa shape index (κ3) is 3.97. The molecule has 0 aliphatic rings. The Morgan fingerprint density at radius 2 is 2.09 bits per heavy atom. The molecule has 5 nitrogen and oxygen atoms in total. The Kier molecular flexibility index (Phi) is 4.73. The monoisotopic (exact) mass is 347 g/mol. The number of hydrogen-bond donors (Lipinski definition) is 1. The Balaban J connectivity index is 1.78. The number of thiophene rings is 1. The van der Waals surface area contributed by atoms with Crippen molar-refractivity contribution in [3.05, 3.63) is 69.0 Å². The Labute approximate surface area is 142 Å². The second-order valence-corrected chi connectivity index (χ2v) is 6.37. The molecule has 1 aromatic carbocycles. The largest absolute Gasteiger partial charge is 0.425 e. The molecular formula is C16H14ClN3O2S. The molecule has 0 bridgehead atoms. The molecule has 1 amide bonds. The lowest BCUT2D eigenvalue weighted by Crippen LogP contribution is -2.30. The van der Waals surface area contributed by atoms with Gasteiger partial charge in [0, 0.05) is 16.8 Å². The Bertz CT molecular complexity index is 784. The van der Waals surface area contributed by atoms with Crippen molar-refractivity contribution in [3.8, 4) is 0 Å². The number of nitrogens with one attached hydrogen (secondary N) is 1. The zero-order valence-corrected chi connectivity index (χ0v) is 13.9. The van der Waals surface area contributed by atoms with Crippen molar-refractivity contribution in [2.24, 2.45) is 0 Å². The topological polar surface area (TPSA) is 68.0 Å². The summed E-state index contributed by atoms with van der Waals surface area (Å²) in [6, 6.07) is 11.1. The van der Waals surface area contributed by atoms with Crippen LogP contribution in [0.1, 0.15) is 28.3 Å². The quantitative estimate of drug-likeness (QED) is 0.766. The van der Waals surface area contributed by atoms with E-state index in [1.807, 2.05) is 41.8 Å². The van der Waals surface area contributed by atoms with Gasteiger partial charge in [0.1, 0.15) is 6.42 Å². The van der Waals surface area contributed by atoms with E-state index in [-0.39, 0.29) is 18.4 Å². The molecule has 1 unspecified atom stereocenters. The molecular weight excluding hydrogens is 334 g/mol. The van der Waals surface area contributed by atoms with Crippen LogP contribution in [0.4, 0.5) is 0 Å². The molecule has 3 rings (SSSR count). The maximum absolute atomic E-state index is 12.3. The summed E-state index contributed by atoms with van der Waals surface area (Å²) in [5.74, 6) is 0.573. The van der Waals surface area contributed by atoms with Crippen LogP contribution >= 0.6 is 22.9 Å². The maximum atomic E-state index is 12.3. The highest BCUT2D eigenvalue weighted by molar-refractivity contribution is 7.10. The van der Waals surface area contributed by atoms with Crippen LogP contribution in [-0.2, 0) is 11.2 Å². The number of aryl methyl sites for hydroxylation is 1. The number of rotatable bonds is 5. The molecule has 0 aliphatic heterocycles. The lowest BCUT2D eigenvalue weighted by molar-refractivity contribution is -0.121. The minimum absolute atomic E-state index is 0.0519. The zero-order valence-electron chi connectivity index (χ0n) is 12.3. The Morgan fingerprint density at radius 3 is 2.70 bits per heavy atom. The fourth-order valence-electron chi connectivity index (χ4n) is 2.19. The van der Waals surface area contributed by atoms with E-state index < -0.39 is 0 Å². The summed E-state index contributed by atoms with van der Waals surface area (Å²) < 4.78 is 5.25. The fourth-order valence-corrected chi connectivity index (χ4v) is 3.12. The first-order valence-corrected chi connectivity index (χ1v) is 8.25. The van der Waals surface area contributed by atoms with Gasteiger partial charge in [0.2, 0.25) is 17.7 Å². The van der Waals surface area contributed by atoms with Gasteiger partial charge in [-0.2, -0.15) is 0 Å². The van der Waals surface area contributed by atoms with Crippen molar-refractivity contribution in [1.29, 1.82) is 0 Å². The van der Waals surface area contributed by atoms with Gasteiger partial charge >= 0.3 is 0 Å². The molecule has 23 heavy (non-hydrogen) atoms. The van der Waals surface area contributed by atoms with Crippen LogP contribution in [0.5, 0.6) is 0 Å². The highest BCUT2D eigenvalue weighted by Gasteiger charge is 2.19. The number of hydrogen-bond acceptors (Lipinski definition) is 5. The van der Waals surface area contributed by atoms with E-state index >= 15 is 0 Å². The number of nitrogens with zero attached hydrogens (tertiary/aromatic N) is 2. The molecule has 118 valence electrons. The number of halogens is 1. The molecule has 0 radical (unpaired) electrons. The van der Waals surface area contributed by atoms with Crippen LogP contribution in [0.15, 0.2) is 46.2 Å². The molecule has 0 aliphatic carbocycles. The van der Waals surface area contributed by atoms with Crippen LogP contribution < -0.4 is 5.32 Å². The number of carbonyl (C=O) groups excluding carboxylic acids is 1. The predicted molar refractivity (Wildman–Crippen MR) is 88.5 cm³/mol. The molecule has 0 fully saturated rings. The van der Waals surface area contributed by atoms with Crippen molar-refractivity contribution in [1.82, 2.24) is 15.5 Å². The molecule has 1 N–H and O–H groups in total. The van der Waals surface area contributed by atoms with Gasteiger partial charge in [0.05, 0.1) is 6.04 Å². The molecule has 0 spiro atoms. The van der Waals surface area contributed by atoms with E-state index in [9.17, 15) is 4.79 Å². The standard InChI is InChI=1S/C16H14ClN3O2S/c1-10-19-20-15(22-10)9-14(21)18-16(13-3-2-8-23-13)11-4-6-12(17)7-5-11/h2-8,16H,9H2,1H3,(H,18,21). The van der Waals surface area contributed by atoms with Gasteiger partial charge in [0.25, 0.3) is 0 Å². The molecule has 2 aromatic heterocycles. The lowest BCUT2D eigenvalue weighted by Gasteiger charge is -2.17. The van der Waals surface area contributed by atoms with Gasteiger partial charge in [0.15, 0.2) is 0 Å². The SMILES string of the molecule is Cc1nnc(CC(=O)NC(c2ccc(Cl)cc2)c2cccs2)o1. The molecule has 7 heteroatoms. The van der Waals surface area contributed by atoms with E-state index in [1.54, 1.807) is 18.3 Å². The highest BCUT2D eigenvalue weighted by atomic mass is 35.5. The zero-order chi connectivity index (χ0) is 16.2. The normalized spacial score (nSPS) is 12.1. The van der Waals surface area contributed by atoms with Crippen LogP contribution in [-0.4, -0.2) is 16.1 Å². The summed E-state index contributed by atoms with van der Waals surface area (Å²) in [4.78, 5) is 13.4. The van der Waals surface area contributed by atoms with Gasteiger partial charge in [-0.25, -0.2) is 0 Å². The minimum Gasteiger partial charge on any atom is -0.425 e. The Morgan fingerprint density at radius 1 is 1.30 bits per heavy atom. The van der Waals surface area contributed by atoms with Gasteiger partial charge in [-0.15, -0.1) is 21.5 Å². The van der Waals surface area contributed by atoms with Crippen LogP contribution in [0, 0.1) is 6.92 Å². The fraction of sp³-hybridized carbons (Fsp3) is 0.188. The number of carbonyl (C=O) groups is 1. The lowest BCUT2D eigenvalue weighted by atomic mass is 10.1. The van der Waals surface area contributed by atoms with Crippen LogP contribution in [0.25, 0.3) is 0 Å². The number of benzene rings is 1. The first-order valence-electron chi connectivity index (χ1n) is 6.99. The second-order valence-electron chi connectivity index (χ2n) is 4.96. The van der Waals surface area contributed by atoms with Crippen molar-refractivity contribution in [3.63, 3.8) is 0 Å². The molecule has 0 saturated carbocycles. The van der Waals surface area contributed by atoms with Gasteiger partial charge in [-0.3, -0.25) is 4.79 Å².